The Morgan fingerprint density at radius 1 is 0.875 bits per heavy atom. The molecule has 0 aliphatic heterocycles. The third-order valence-corrected chi connectivity index (χ3v) is 5.42. The van der Waals surface area contributed by atoms with E-state index in [9.17, 15) is 19.2 Å². The summed E-state index contributed by atoms with van der Waals surface area (Å²) in [6.07, 6.45) is -1.20. The number of Topliss-reactive ketones (excluding diaryl/α,β-unsaturated/α-hetero) is 1. The van der Waals surface area contributed by atoms with Crippen molar-refractivity contribution < 1.29 is 23.9 Å². The number of carbonyl (C=O) groups is 4. The molecule has 0 fully saturated rings. The van der Waals surface area contributed by atoms with Gasteiger partial charge in [-0.1, -0.05) is 60.1 Å². The molecule has 1 heterocycles. The van der Waals surface area contributed by atoms with Crippen molar-refractivity contribution in [2.24, 2.45) is 0 Å². The second kappa shape index (κ2) is 11.2. The van der Waals surface area contributed by atoms with Gasteiger partial charge in [0.05, 0.1) is 11.4 Å². The largest absolute Gasteiger partial charge is 0.448 e. The van der Waals surface area contributed by atoms with Crippen LogP contribution >= 0.6 is 22.9 Å². The fourth-order valence-corrected chi connectivity index (χ4v) is 3.49. The highest BCUT2D eigenvalue weighted by atomic mass is 35.5. The molecule has 0 saturated heterocycles. The number of esters is 1. The fraction of sp³-hybridized carbons (Fsp3) is 0.130. The zero-order chi connectivity index (χ0) is 22.9. The molecule has 2 amide bonds. The van der Waals surface area contributed by atoms with E-state index in [1.54, 1.807) is 72.1 Å². The summed E-state index contributed by atoms with van der Waals surface area (Å²) < 4.78 is 5.40. The molecule has 3 aromatic rings. The lowest BCUT2D eigenvalue weighted by atomic mass is 10.00. The lowest BCUT2D eigenvalue weighted by Crippen LogP contribution is -2.39. The number of ether oxygens (including phenoxy) is 1. The molecule has 0 aliphatic carbocycles. The number of halogens is 1. The topological polar surface area (TPSA) is 102 Å². The maximum absolute atomic E-state index is 12.9. The number of hydrogen-bond acceptors (Lipinski definition) is 6. The molecule has 164 valence electrons. The Labute approximate surface area is 193 Å². The SMILES string of the molecule is O=C(CNC(=O)c1cccs1)NCC(=O)O[C@H](C(=O)c1ccccc1)c1ccc(Cl)cc1. The maximum atomic E-state index is 12.9. The van der Waals surface area contributed by atoms with Crippen LogP contribution in [-0.2, 0) is 14.3 Å². The highest BCUT2D eigenvalue weighted by Crippen LogP contribution is 2.24. The summed E-state index contributed by atoms with van der Waals surface area (Å²) in [6.45, 7) is -0.757. The molecule has 0 saturated carbocycles. The van der Waals surface area contributed by atoms with Gasteiger partial charge in [-0.25, -0.2) is 0 Å². The van der Waals surface area contributed by atoms with Crippen LogP contribution in [0.5, 0.6) is 0 Å². The molecule has 0 aliphatic rings. The Balaban J connectivity index is 1.58. The normalized spacial score (nSPS) is 11.3. The molecule has 3 rings (SSSR count). The minimum absolute atomic E-state index is 0.298. The quantitative estimate of drug-likeness (QED) is 0.368. The lowest BCUT2D eigenvalue weighted by Gasteiger charge is -2.18. The van der Waals surface area contributed by atoms with Gasteiger partial charge in [-0.15, -0.1) is 11.3 Å². The number of thiophene rings is 1. The molecular formula is C23H19ClN2O5S. The predicted molar refractivity (Wildman–Crippen MR) is 121 cm³/mol. The monoisotopic (exact) mass is 470 g/mol. The summed E-state index contributed by atoms with van der Waals surface area (Å²) in [7, 11) is 0. The third-order valence-electron chi connectivity index (χ3n) is 4.30. The minimum Gasteiger partial charge on any atom is -0.448 e. The first-order chi connectivity index (χ1) is 15.4. The first-order valence-electron chi connectivity index (χ1n) is 9.56. The van der Waals surface area contributed by atoms with E-state index < -0.39 is 30.3 Å². The Bertz CT molecular complexity index is 1090. The zero-order valence-electron chi connectivity index (χ0n) is 16.7. The number of ketones is 1. The van der Waals surface area contributed by atoms with Crippen LogP contribution in [-0.4, -0.2) is 36.7 Å². The fourth-order valence-electron chi connectivity index (χ4n) is 2.73. The van der Waals surface area contributed by atoms with Crippen LogP contribution in [0, 0.1) is 0 Å². The molecule has 0 unspecified atom stereocenters. The van der Waals surface area contributed by atoms with Gasteiger partial charge in [0.1, 0.15) is 6.54 Å². The second-order valence-electron chi connectivity index (χ2n) is 6.59. The number of nitrogens with one attached hydrogen (secondary N) is 2. The van der Waals surface area contributed by atoms with Gasteiger partial charge >= 0.3 is 5.97 Å². The number of carbonyl (C=O) groups excluding carboxylic acids is 4. The van der Waals surface area contributed by atoms with Gasteiger partial charge in [0.2, 0.25) is 11.7 Å². The van der Waals surface area contributed by atoms with Crippen molar-refractivity contribution in [1.29, 1.82) is 0 Å². The van der Waals surface area contributed by atoms with E-state index in [-0.39, 0.29) is 12.5 Å². The van der Waals surface area contributed by atoms with Crippen LogP contribution in [0.4, 0.5) is 0 Å². The number of rotatable bonds is 9. The molecule has 2 N–H and O–H groups in total. The average Bonchev–Trinajstić information content (AvgIpc) is 3.35. The van der Waals surface area contributed by atoms with E-state index in [4.69, 9.17) is 16.3 Å². The molecule has 2 aromatic carbocycles. The van der Waals surface area contributed by atoms with Crippen molar-refractivity contribution in [2.75, 3.05) is 13.1 Å². The first kappa shape index (κ1) is 23.2. The lowest BCUT2D eigenvalue weighted by molar-refractivity contribution is -0.147. The van der Waals surface area contributed by atoms with Crippen LogP contribution in [0.3, 0.4) is 0 Å². The molecule has 9 heteroatoms. The average molecular weight is 471 g/mol. The van der Waals surface area contributed by atoms with E-state index in [0.29, 0.717) is 21.0 Å². The Morgan fingerprint density at radius 2 is 1.59 bits per heavy atom. The smallest absolute Gasteiger partial charge is 0.326 e. The Kier molecular flexibility index (Phi) is 8.13. The molecule has 1 atom stereocenters. The van der Waals surface area contributed by atoms with Gasteiger partial charge in [-0.05, 0) is 23.6 Å². The van der Waals surface area contributed by atoms with Gasteiger partial charge in [0.25, 0.3) is 5.91 Å². The van der Waals surface area contributed by atoms with Crippen LogP contribution in [0.2, 0.25) is 5.02 Å². The molecular weight excluding hydrogens is 452 g/mol. The van der Waals surface area contributed by atoms with E-state index in [0.717, 1.165) is 0 Å². The molecule has 0 spiro atoms. The number of amides is 2. The minimum atomic E-state index is -1.20. The summed E-state index contributed by atoms with van der Waals surface area (Å²) in [5.41, 5.74) is 0.826. The Morgan fingerprint density at radius 3 is 2.25 bits per heavy atom. The standard InChI is InChI=1S/C23H19ClN2O5S/c24-17-10-8-16(9-11-17)22(21(29)15-5-2-1-3-6-15)31-20(28)14-25-19(27)13-26-23(30)18-7-4-12-32-18/h1-12,22H,13-14H2,(H,25,27)(H,26,30)/t22-/m0/s1. The van der Waals surface area contributed by atoms with Crippen molar-refractivity contribution in [3.8, 4) is 0 Å². The highest BCUT2D eigenvalue weighted by molar-refractivity contribution is 7.12. The maximum Gasteiger partial charge on any atom is 0.326 e. The number of hydrogen-bond donors (Lipinski definition) is 2. The molecule has 1 aromatic heterocycles. The third kappa shape index (κ3) is 6.50. The molecule has 0 radical (unpaired) electrons. The summed E-state index contributed by atoms with van der Waals surface area (Å²) in [5.74, 6) is -2.15. The summed E-state index contributed by atoms with van der Waals surface area (Å²) in [5, 5.41) is 7.06. The van der Waals surface area contributed by atoms with Crippen LogP contribution in [0.15, 0.2) is 72.1 Å². The predicted octanol–water partition coefficient (Wildman–Crippen LogP) is 3.41. The first-order valence-corrected chi connectivity index (χ1v) is 10.8. The van der Waals surface area contributed by atoms with Gasteiger partial charge < -0.3 is 15.4 Å². The van der Waals surface area contributed by atoms with Gasteiger partial charge in [-0.3, -0.25) is 19.2 Å². The van der Waals surface area contributed by atoms with Crippen molar-refractivity contribution >= 4 is 46.5 Å². The van der Waals surface area contributed by atoms with Crippen LogP contribution < -0.4 is 10.6 Å². The van der Waals surface area contributed by atoms with Gasteiger partial charge in [0.15, 0.2) is 6.10 Å². The van der Waals surface area contributed by atoms with E-state index in [2.05, 4.69) is 10.6 Å². The number of benzene rings is 2. The summed E-state index contributed by atoms with van der Waals surface area (Å²) >= 11 is 7.17. The van der Waals surface area contributed by atoms with E-state index in [1.807, 2.05) is 0 Å². The van der Waals surface area contributed by atoms with Gasteiger partial charge in [0, 0.05) is 16.1 Å². The molecule has 7 nitrogen and oxygen atoms in total. The highest BCUT2D eigenvalue weighted by Gasteiger charge is 2.26. The molecule has 0 bridgehead atoms. The van der Waals surface area contributed by atoms with Gasteiger partial charge in [-0.2, -0.15) is 0 Å². The second-order valence-corrected chi connectivity index (χ2v) is 7.97. The van der Waals surface area contributed by atoms with Crippen molar-refractivity contribution in [3.05, 3.63) is 93.1 Å². The summed E-state index contributed by atoms with van der Waals surface area (Å²) in [6, 6.07) is 18.2. The van der Waals surface area contributed by atoms with Crippen LogP contribution in [0.1, 0.15) is 31.7 Å². The van der Waals surface area contributed by atoms with Crippen molar-refractivity contribution in [1.82, 2.24) is 10.6 Å². The zero-order valence-corrected chi connectivity index (χ0v) is 18.3. The van der Waals surface area contributed by atoms with Crippen molar-refractivity contribution in [2.45, 2.75) is 6.10 Å². The van der Waals surface area contributed by atoms with E-state index >= 15 is 0 Å². The van der Waals surface area contributed by atoms with E-state index in [1.165, 1.54) is 11.3 Å². The summed E-state index contributed by atoms with van der Waals surface area (Å²) in [4.78, 5) is 49.6. The molecule has 32 heavy (non-hydrogen) atoms. The Hall–Kier alpha value is -3.49. The van der Waals surface area contributed by atoms with Crippen molar-refractivity contribution in [3.63, 3.8) is 0 Å². The van der Waals surface area contributed by atoms with Crippen LogP contribution in [0.25, 0.3) is 0 Å².